The lowest BCUT2D eigenvalue weighted by Gasteiger charge is -2.16. The molecular formula is C18H16F4N2O2. The Labute approximate surface area is 147 Å². The lowest BCUT2D eigenvalue weighted by atomic mass is 10.0. The lowest BCUT2D eigenvalue weighted by Crippen LogP contribution is -2.24. The molecule has 0 saturated carbocycles. The number of halogens is 4. The summed E-state index contributed by atoms with van der Waals surface area (Å²) >= 11 is 0. The normalized spacial score (nSPS) is 10.6. The fourth-order valence-corrected chi connectivity index (χ4v) is 2.22. The van der Waals surface area contributed by atoms with Crippen molar-refractivity contribution in [3.63, 3.8) is 0 Å². The van der Waals surface area contributed by atoms with E-state index in [1.54, 1.807) is 0 Å². The molecule has 0 bridgehead atoms. The van der Waals surface area contributed by atoms with Crippen LogP contribution >= 0.6 is 0 Å². The monoisotopic (exact) mass is 368 g/mol. The number of anilines is 2. The van der Waals surface area contributed by atoms with Crippen molar-refractivity contribution in [3.05, 3.63) is 58.7 Å². The Morgan fingerprint density at radius 1 is 1.00 bits per heavy atom. The van der Waals surface area contributed by atoms with Gasteiger partial charge in [0.05, 0.1) is 6.42 Å². The topological polar surface area (TPSA) is 49.4 Å². The van der Waals surface area contributed by atoms with E-state index in [2.05, 4.69) is 5.32 Å². The van der Waals surface area contributed by atoms with E-state index < -0.39 is 29.0 Å². The Morgan fingerprint density at radius 3 is 2.08 bits per heavy atom. The molecule has 0 fully saturated rings. The van der Waals surface area contributed by atoms with Crippen LogP contribution in [0.2, 0.25) is 0 Å². The third-order valence-electron chi connectivity index (χ3n) is 3.72. The number of nitrogens with zero attached hydrogens (tertiary/aromatic N) is 1. The molecule has 1 N–H and O–H groups in total. The van der Waals surface area contributed by atoms with E-state index >= 15 is 0 Å². The fraction of sp³-hybridized carbons (Fsp3) is 0.222. The van der Waals surface area contributed by atoms with Crippen molar-refractivity contribution in [2.45, 2.75) is 13.3 Å². The minimum Gasteiger partial charge on any atom is -0.350 e. The zero-order chi connectivity index (χ0) is 19.6. The molecule has 4 nitrogen and oxygen atoms in total. The highest BCUT2D eigenvalue weighted by Crippen LogP contribution is 2.30. The van der Waals surface area contributed by atoms with Crippen molar-refractivity contribution in [1.82, 2.24) is 4.90 Å². The van der Waals surface area contributed by atoms with Crippen LogP contribution in [0, 0.1) is 23.3 Å². The van der Waals surface area contributed by atoms with Crippen LogP contribution in [0.4, 0.5) is 28.9 Å². The SMILES string of the molecule is CC(=O)c1ccc(Nc2c(F)c(F)cc(F)c2F)c(CC(=O)N(C)C)c1. The number of likely N-dealkylation sites (N-methyl/N-ethyl adjacent to an activating group) is 1. The van der Waals surface area contributed by atoms with Gasteiger partial charge in [-0.15, -0.1) is 0 Å². The summed E-state index contributed by atoms with van der Waals surface area (Å²) in [5.41, 5.74) is -0.437. The van der Waals surface area contributed by atoms with Crippen molar-refractivity contribution >= 4 is 23.1 Å². The van der Waals surface area contributed by atoms with Crippen molar-refractivity contribution in [3.8, 4) is 0 Å². The van der Waals surface area contributed by atoms with Crippen molar-refractivity contribution in [2.75, 3.05) is 19.4 Å². The number of nitrogens with one attached hydrogen (secondary N) is 1. The molecule has 2 rings (SSSR count). The summed E-state index contributed by atoms with van der Waals surface area (Å²) in [6.07, 6.45) is -0.183. The smallest absolute Gasteiger partial charge is 0.226 e. The van der Waals surface area contributed by atoms with Crippen LogP contribution in [0.3, 0.4) is 0 Å². The minimum absolute atomic E-state index is 0.0491. The van der Waals surface area contributed by atoms with E-state index in [1.807, 2.05) is 0 Å². The van der Waals surface area contributed by atoms with E-state index in [0.717, 1.165) is 0 Å². The number of carbonyl (C=O) groups excluding carboxylic acids is 2. The molecule has 0 spiro atoms. The molecule has 0 aliphatic rings. The summed E-state index contributed by atoms with van der Waals surface area (Å²) in [6.45, 7) is 1.32. The number of benzene rings is 2. The predicted octanol–water partition coefficient (Wildman–Crippen LogP) is 3.82. The number of ketones is 1. The summed E-state index contributed by atoms with van der Waals surface area (Å²) in [5, 5.41) is 2.29. The van der Waals surface area contributed by atoms with Gasteiger partial charge >= 0.3 is 0 Å². The molecule has 8 heteroatoms. The van der Waals surface area contributed by atoms with Crippen LogP contribution in [-0.4, -0.2) is 30.7 Å². The van der Waals surface area contributed by atoms with Gasteiger partial charge in [0.1, 0.15) is 5.69 Å². The molecule has 1 amide bonds. The molecule has 0 atom stereocenters. The average molecular weight is 368 g/mol. The molecule has 0 unspecified atom stereocenters. The summed E-state index contributed by atoms with van der Waals surface area (Å²) in [4.78, 5) is 24.8. The number of rotatable bonds is 5. The molecule has 2 aromatic rings. The second-order valence-corrected chi connectivity index (χ2v) is 5.86. The van der Waals surface area contributed by atoms with Gasteiger partial charge < -0.3 is 10.2 Å². The summed E-state index contributed by atoms with van der Waals surface area (Å²) in [7, 11) is 3.04. The fourth-order valence-electron chi connectivity index (χ4n) is 2.22. The van der Waals surface area contributed by atoms with Crippen LogP contribution in [0.5, 0.6) is 0 Å². The first-order valence-electron chi connectivity index (χ1n) is 7.55. The lowest BCUT2D eigenvalue weighted by molar-refractivity contribution is -0.127. The molecule has 138 valence electrons. The maximum Gasteiger partial charge on any atom is 0.226 e. The molecular weight excluding hydrogens is 352 g/mol. The molecule has 26 heavy (non-hydrogen) atoms. The van der Waals surface area contributed by atoms with Crippen LogP contribution in [0.1, 0.15) is 22.8 Å². The molecule has 0 aliphatic carbocycles. The Balaban J connectivity index is 2.53. The summed E-state index contributed by atoms with van der Waals surface area (Å²) < 4.78 is 54.5. The van der Waals surface area contributed by atoms with Gasteiger partial charge in [0.2, 0.25) is 5.91 Å². The highest BCUT2D eigenvalue weighted by Gasteiger charge is 2.21. The van der Waals surface area contributed by atoms with Crippen molar-refractivity contribution in [2.24, 2.45) is 0 Å². The van der Waals surface area contributed by atoms with Crippen LogP contribution in [0.25, 0.3) is 0 Å². The highest BCUT2D eigenvalue weighted by molar-refractivity contribution is 5.95. The van der Waals surface area contributed by atoms with Gasteiger partial charge in [0.15, 0.2) is 29.1 Å². The van der Waals surface area contributed by atoms with Crippen LogP contribution in [0.15, 0.2) is 24.3 Å². The standard InChI is InChI=1S/C18H16F4N2O2/c1-9(25)10-4-5-14(11(6-10)7-15(26)24(2)3)23-18-16(21)12(19)8-13(20)17(18)22/h4-6,8,23H,7H2,1-3H3. The van der Waals surface area contributed by atoms with Gasteiger partial charge in [0, 0.05) is 31.4 Å². The molecule has 0 heterocycles. The molecule has 2 aromatic carbocycles. The predicted molar refractivity (Wildman–Crippen MR) is 88.4 cm³/mol. The Hall–Kier alpha value is -2.90. The Kier molecular flexibility index (Phi) is 5.64. The third kappa shape index (κ3) is 4.01. The highest BCUT2D eigenvalue weighted by atomic mass is 19.2. The van der Waals surface area contributed by atoms with E-state index in [9.17, 15) is 27.2 Å². The average Bonchev–Trinajstić information content (AvgIpc) is 2.57. The molecule has 0 aromatic heterocycles. The van der Waals surface area contributed by atoms with Crippen LogP contribution in [-0.2, 0) is 11.2 Å². The summed E-state index contributed by atoms with van der Waals surface area (Å²) in [6, 6.07) is 4.18. The summed E-state index contributed by atoms with van der Waals surface area (Å²) in [5.74, 6) is -6.91. The van der Waals surface area contributed by atoms with E-state index in [1.165, 1.54) is 44.1 Å². The van der Waals surface area contributed by atoms with Crippen molar-refractivity contribution in [1.29, 1.82) is 0 Å². The van der Waals surface area contributed by atoms with Gasteiger partial charge in [-0.2, -0.15) is 0 Å². The van der Waals surface area contributed by atoms with Crippen LogP contribution < -0.4 is 5.32 Å². The van der Waals surface area contributed by atoms with Gasteiger partial charge in [-0.25, -0.2) is 17.6 Å². The van der Waals surface area contributed by atoms with Gasteiger partial charge in [-0.3, -0.25) is 9.59 Å². The number of hydrogen-bond acceptors (Lipinski definition) is 3. The first-order chi connectivity index (χ1) is 12.1. The van der Waals surface area contributed by atoms with Crippen molar-refractivity contribution < 1.29 is 27.2 Å². The largest absolute Gasteiger partial charge is 0.350 e. The molecule has 0 aliphatic heterocycles. The third-order valence-corrected chi connectivity index (χ3v) is 3.72. The first kappa shape index (κ1) is 19.4. The number of amides is 1. The number of hydrogen-bond donors (Lipinski definition) is 1. The minimum atomic E-state index is -1.59. The number of Topliss-reactive ketones (excluding diaryl/α,β-unsaturated/α-hetero) is 1. The Morgan fingerprint density at radius 2 is 1.58 bits per heavy atom. The zero-order valence-corrected chi connectivity index (χ0v) is 14.3. The van der Waals surface area contributed by atoms with Gasteiger partial charge in [0.25, 0.3) is 0 Å². The maximum absolute atomic E-state index is 13.9. The van der Waals surface area contributed by atoms with Gasteiger partial charge in [-0.05, 0) is 30.7 Å². The molecule has 0 radical (unpaired) electrons. The number of carbonyl (C=O) groups is 2. The first-order valence-corrected chi connectivity index (χ1v) is 7.55. The quantitative estimate of drug-likeness (QED) is 0.496. The van der Waals surface area contributed by atoms with E-state index in [-0.39, 0.29) is 41.0 Å². The second-order valence-electron chi connectivity index (χ2n) is 5.86. The van der Waals surface area contributed by atoms with Gasteiger partial charge in [-0.1, -0.05) is 0 Å². The molecule has 0 saturated heterocycles. The maximum atomic E-state index is 13.9. The van der Waals surface area contributed by atoms with E-state index in [0.29, 0.717) is 0 Å². The van der Waals surface area contributed by atoms with E-state index in [4.69, 9.17) is 0 Å². The second kappa shape index (κ2) is 7.55. The Bertz CT molecular complexity index is 856. The zero-order valence-electron chi connectivity index (χ0n) is 14.3.